The monoisotopic (exact) mass is 250 g/mol. The van der Waals surface area contributed by atoms with Gasteiger partial charge in [-0.05, 0) is 18.1 Å². The molecule has 0 fully saturated rings. The highest BCUT2D eigenvalue weighted by Crippen LogP contribution is 2.22. The number of rotatable bonds is 4. The summed E-state index contributed by atoms with van der Waals surface area (Å²) in [6, 6.07) is 17.3. The van der Waals surface area contributed by atoms with Crippen molar-refractivity contribution in [2.24, 2.45) is 0 Å². The highest BCUT2D eigenvalue weighted by atomic mass is 16.3. The Morgan fingerprint density at radius 1 is 0.947 bits per heavy atom. The first-order valence-electron chi connectivity index (χ1n) is 6.38. The Morgan fingerprint density at radius 2 is 1.68 bits per heavy atom. The van der Waals surface area contributed by atoms with Crippen molar-refractivity contribution in [3.05, 3.63) is 72.0 Å². The van der Waals surface area contributed by atoms with Gasteiger partial charge in [-0.25, -0.2) is 0 Å². The molecule has 0 bridgehead atoms. The smallest absolute Gasteiger partial charge is 0.163 e. The Hall–Kier alpha value is -2.35. The molecule has 0 atom stereocenters. The molecule has 0 aliphatic heterocycles. The number of hydrogen-bond acceptors (Lipinski definition) is 2. The summed E-state index contributed by atoms with van der Waals surface area (Å²) in [7, 11) is 0. The van der Waals surface area contributed by atoms with Crippen LogP contribution in [0.25, 0.3) is 11.0 Å². The maximum Gasteiger partial charge on any atom is 0.163 e. The van der Waals surface area contributed by atoms with Gasteiger partial charge in [-0.15, -0.1) is 0 Å². The van der Waals surface area contributed by atoms with Crippen molar-refractivity contribution in [3.63, 3.8) is 0 Å². The van der Waals surface area contributed by atoms with Gasteiger partial charge in [0.2, 0.25) is 0 Å². The zero-order chi connectivity index (χ0) is 13.1. The van der Waals surface area contributed by atoms with Crippen LogP contribution in [0.5, 0.6) is 0 Å². The maximum absolute atomic E-state index is 12.0. The number of aryl methyl sites for hydroxylation is 1. The molecular weight excluding hydrogens is 236 g/mol. The Bertz CT molecular complexity index is 695. The van der Waals surface area contributed by atoms with Crippen molar-refractivity contribution < 1.29 is 9.21 Å². The minimum Gasteiger partial charge on any atom is -0.464 e. The van der Waals surface area contributed by atoms with E-state index in [2.05, 4.69) is 0 Å². The van der Waals surface area contributed by atoms with Crippen molar-refractivity contribution in [2.75, 3.05) is 0 Å². The van der Waals surface area contributed by atoms with Crippen molar-refractivity contribution in [1.29, 1.82) is 0 Å². The van der Waals surface area contributed by atoms with Crippen LogP contribution < -0.4 is 0 Å². The zero-order valence-corrected chi connectivity index (χ0v) is 10.5. The van der Waals surface area contributed by atoms with Gasteiger partial charge in [0.1, 0.15) is 5.58 Å². The average Bonchev–Trinajstić information content (AvgIpc) is 2.89. The fraction of sp³-hybridized carbons (Fsp3) is 0.118. The lowest BCUT2D eigenvalue weighted by atomic mass is 10.0. The third-order valence-electron chi connectivity index (χ3n) is 3.28. The van der Waals surface area contributed by atoms with E-state index in [1.54, 1.807) is 6.26 Å². The third-order valence-corrected chi connectivity index (χ3v) is 3.28. The summed E-state index contributed by atoms with van der Waals surface area (Å²) in [5.41, 5.74) is 2.75. The molecule has 0 saturated carbocycles. The molecule has 2 nitrogen and oxygen atoms in total. The van der Waals surface area contributed by atoms with Gasteiger partial charge in [0.25, 0.3) is 0 Å². The predicted octanol–water partition coefficient (Wildman–Crippen LogP) is 4.25. The number of carbonyl (C=O) groups is 1. The van der Waals surface area contributed by atoms with Crippen LogP contribution in [0.1, 0.15) is 22.3 Å². The topological polar surface area (TPSA) is 30.2 Å². The number of fused-ring (bicyclic) bond motifs is 1. The summed E-state index contributed by atoms with van der Waals surface area (Å²) in [6.07, 6.45) is 2.97. The van der Waals surface area contributed by atoms with Crippen molar-refractivity contribution >= 4 is 16.8 Å². The van der Waals surface area contributed by atoms with Crippen LogP contribution in [0.4, 0.5) is 0 Å². The second-order valence-corrected chi connectivity index (χ2v) is 4.55. The summed E-state index contributed by atoms with van der Waals surface area (Å²) >= 11 is 0. The van der Waals surface area contributed by atoms with Crippen LogP contribution in [0, 0.1) is 0 Å². The molecule has 3 rings (SSSR count). The molecule has 1 aromatic heterocycles. The van der Waals surface area contributed by atoms with E-state index in [0.717, 1.165) is 22.1 Å². The second kappa shape index (κ2) is 5.11. The zero-order valence-electron chi connectivity index (χ0n) is 10.5. The minimum atomic E-state index is 0.172. The Labute approximate surface area is 111 Å². The van der Waals surface area contributed by atoms with Gasteiger partial charge in [-0.2, -0.15) is 0 Å². The molecule has 2 aromatic carbocycles. The summed E-state index contributed by atoms with van der Waals surface area (Å²) < 4.78 is 5.48. The van der Waals surface area contributed by atoms with E-state index in [1.807, 2.05) is 54.6 Å². The molecule has 19 heavy (non-hydrogen) atoms. The summed E-state index contributed by atoms with van der Waals surface area (Å²) in [6.45, 7) is 0. The highest BCUT2D eigenvalue weighted by Gasteiger charge is 2.09. The molecule has 0 aliphatic carbocycles. The van der Waals surface area contributed by atoms with Gasteiger partial charge >= 0.3 is 0 Å². The lowest BCUT2D eigenvalue weighted by molar-refractivity contribution is 0.0983. The summed E-state index contributed by atoms with van der Waals surface area (Å²) in [5.74, 6) is 0.172. The van der Waals surface area contributed by atoms with Crippen LogP contribution in [0.15, 0.2) is 65.3 Å². The number of para-hydroxylation sites is 1. The number of benzene rings is 2. The van der Waals surface area contributed by atoms with Gasteiger partial charge in [0, 0.05) is 17.4 Å². The molecular formula is C17H14O2. The van der Waals surface area contributed by atoms with E-state index in [0.29, 0.717) is 12.8 Å². The second-order valence-electron chi connectivity index (χ2n) is 4.55. The van der Waals surface area contributed by atoms with E-state index < -0.39 is 0 Å². The van der Waals surface area contributed by atoms with Gasteiger partial charge < -0.3 is 4.42 Å². The molecule has 0 amide bonds. The lowest BCUT2D eigenvalue weighted by Crippen LogP contribution is -2.00. The third kappa shape index (κ3) is 2.43. The van der Waals surface area contributed by atoms with Crippen LogP contribution in [0.2, 0.25) is 0 Å². The van der Waals surface area contributed by atoms with E-state index in [-0.39, 0.29) is 5.78 Å². The fourth-order valence-corrected chi connectivity index (χ4v) is 2.24. The Morgan fingerprint density at radius 3 is 2.53 bits per heavy atom. The number of ketones is 1. The number of furan rings is 1. The van der Waals surface area contributed by atoms with Crippen LogP contribution >= 0.6 is 0 Å². The molecule has 0 spiro atoms. The molecule has 3 aromatic rings. The van der Waals surface area contributed by atoms with E-state index in [4.69, 9.17) is 4.42 Å². The predicted molar refractivity (Wildman–Crippen MR) is 75.3 cm³/mol. The minimum absolute atomic E-state index is 0.172. The Balaban J connectivity index is 1.75. The van der Waals surface area contributed by atoms with Crippen LogP contribution in [-0.4, -0.2) is 5.78 Å². The van der Waals surface area contributed by atoms with Gasteiger partial charge in [0.15, 0.2) is 5.78 Å². The van der Waals surface area contributed by atoms with Crippen LogP contribution in [0.3, 0.4) is 0 Å². The first kappa shape index (κ1) is 11.7. The molecule has 94 valence electrons. The van der Waals surface area contributed by atoms with Gasteiger partial charge in [-0.1, -0.05) is 48.5 Å². The average molecular weight is 250 g/mol. The van der Waals surface area contributed by atoms with E-state index in [1.165, 1.54) is 0 Å². The molecule has 0 N–H and O–H groups in total. The van der Waals surface area contributed by atoms with Crippen molar-refractivity contribution in [2.45, 2.75) is 12.8 Å². The molecule has 0 saturated heterocycles. The molecule has 2 heteroatoms. The van der Waals surface area contributed by atoms with Crippen molar-refractivity contribution in [1.82, 2.24) is 0 Å². The Kier molecular flexibility index (Phi) is 3.15. The SMILES string of the molecule is O=C(CCc1coc2ccccc12)c1ccccc1. The fourth-order valence-electron chi connectivity index (χ4n) is 2.24. The molecule has 1 heterocycles. The van der Waals surface area contributed by atoms with Crippen LogP contribution in [-0.2, 0) is 6.42 Å². The summed E-state index contributed by atoms with van der Waals surface area (Å²) in [5, 5.41) is 1.10. The molecule has 0 aliphatic rings. The number of carbonyl (C=O) groups excluding carboxylic acids is 1. The first-order valence-corrected chi connectivity index (χ1v) is 6.38. The standard InChI is InChI=1S/C17H14O2/c18-16(13-6-2-1-3-7-13)11-10-14-12-19-17-9-5-4-8-15(14)17/h1-9,12H,10-11H2. The number of Topliss-reactive ketones (excluding diaryl/α,β-unsaturated/α-hetero) is 1. The lowest BCUT2D eigenvalue weighted by Gasteiger charge is -2.00. The maximum atomic E-state index is 12.0. The highest BCUT2D eigenvalue weighted by molar-refractivity contribution is 5.96. The molecule has 0 unspecified atom stereocenters. The number of hydrogen-bond donors (Lipinski definition) is 0. The van der Waals surface area contributed by atoms with Gasteiger partial charge in [-0.3, -0.25) is 4.79 Å². The largest absolute Gasteiger partial charge is 0.464 e. The normalized spacial score (nSPS) is 10.7. The van der Waals surface area contributed by atoms with E-state index in [9.17, 15) is 4.79 Å². The quantitative estimate of drug-likeness (QED) is 0.648. The molecule has 0 radical (unpaired) electrons. The van der Waals surface area contributed by atoms with Gasteiger partial charge in [0.05, 0.1) is 6.26 Å². The van der Waals surface area contributed by atoms with Crippen molar-refractivity contribution in [3.8, 4) is 0 Å². The summed E-state index contributed by atoms with van der Waals surface area (Å²) in [4.78, 5) is 12.0. The van der Waals surface area contributed by atoms with E-state index >= 15 is 0 Å². The first-order chi connectivity index (χ1) is 9.34.